The van der Waals surface area contributed by atoms with Crippen LogP contribution in [0.15, 0.2) is 0 Å². The Morgan fingerprint density at radius 3 is 0.444 bits per heavy atom. The molecule has 0 aromatic rings. The molecule has 0 unspecified atom stereocenters. The van der Waals surface area contributed by atoms with Crippen molar-refractivity contribution >= 4 is 0 Å². The largest absolute Gasteiger partial charge is 2.00 e. The maximum atomic E-state index is 8.25. The average Bonchev–Trinajstić information content (AvgIpc) is 1.76. The van der Waals surface area contributed by atoms with Crippen LogP contribution in [0.25, 0.3) is 0 Å². The molecule has 0 aliphatic heterocycles. The zero-order valence-corrected chi connectivity index (χ0v) is 14.1. The van der Waals surface area contributed by atoms with Crippen molar-refractivity contribution in [1.29, 1.82) is 0 Å². The van der Waals surface area contributed by atoms with E-state index in [4.69, 9.17) is 61.3 Å². The Balaban J connectivity index is -0.0000000257. The van der Waals surface area contributed by atoms with Gasteiger partial charge in [-0.1, -0.05) is 0 Å². The Hall–Kier alpha value is -1.75. The first-order valence-electron chi connectivity index (χ1n) is 2.19. The van der Waals surface area contributed by atoms with Gasteiger partial charge in [-0.3, -0.25) is 0 Å². The fourth-order valence-electron chi connectivity index (χ4n) is 0. The smallest absolute Gasteiger partial charge is 0.356 e. The Morgan fingerprint density at radius 2 is 0.444 bits per heavy atom. The quantitative estimate of drug-likeness (QED) is 0.216. The number of rotatable bonds is 0. The zero-order chi connectivity index (χ0) is 14.3. The van der Waals surface area contributed by atoms with Gasteiger partial charge in [0.05, 0.1) is 20.3 Å². The summed E-state index contributed by atoms with van der Waals surface area (Å²) in [7, 11) is 0. The molecule has 0 aliphatic rings. The van der Waals surface area contributed by atoms with E-state index in [1.165, 1.54) is 0 Å². The van der Waals surface area contributed by atoms with Crippen LogP contribution < -0.4 is 0 Å². The molecule has 0 saturated heterocycles. The summed E-state index contributed by atoms with van der Waals surface area (Å²) in [5, 5.41) is 59.0. The first kappa shape index (κ1) is 36.0. The van der Waals surface area contributed by atoms with Gasteiger partial charge in [0.1, 0.15) is 0 Å². The molecule has 0 fully saturated rings. The van der Waals surface area contributed by atoms with Gasteiger partial charge in [0.2, 0.25) is 0 Å². The molecule has 105 valence electrons. The van der Waals surface area contributed by atoms with E-state index in [-0.39, 0.29) is 44.7 Å². The predicted molar refractivity (Wildman–Crippen MR) is 41.4 cm³/mol. The molecule has 0 atom stereocenters. The van der Waals surface area contributed by atoms with E-state index in [0.29, 0.717) is 0 Å². The van der Waals surface area contributed by atoms with Gasteiger partial charge in [0, 0.05) is 0 Å². The third-order valence-corrected chi connectivity index (χ3v) is 0. The van der Waals surface area contributed by atoms with Crippen LogP contribution in [-0.2, 0) is 44.7 Å². The SMILES string of the molecule is O=[N+]([O-])[O-].O=[N+]([O-])[O-].O=[N+]([O-])[O-].O=[N+]([O-])[O-].[Cu+2].[Hg+2]. The van der Waals surface area contributed by atoms with Gasteiger partial charge >= 0.3 is 44.7 Å². The van der Waals surface area contributed by atoms with Crippen molar-refractivity contribution in [3.63, 3.8) is 0 Å². The molecule has 16 nitrogen and oxygen atoms in total. The first-order valence-corrected chi connectivity index (χ1v) is 2.19. The fraction of sp³-hybridized carbons (Fsp3) is 0. The Bertz CT molecular complexity index is 164. The van der Waals surface area contributed by atoms with Crippen LogP contribution in [0.1, 0.15) is 0 Å². The second-order valence-corrected chi connectivity index (χ2v) is 0.894. The summed E-state index contributed by atoms with van der Waals surface area (Å²) in [6.45, 7) is 0. The molecule has 0 rings (SSSR count). The van der Waals surface area contributed by atoms with E-state index in [9.17, 15) is 0 Å². The summed E-state index contributed by atoms with van der Waals surface area (Å²) in [4.78, 5) is 33.0. The van der Waals surface area contributed by atoms with Crippen LogP contribution in [0.4, 0.5) is 0 Å². The molecule has 0 aliphatic carbocycles. The van der Waals surface area contributed by atoms with Crippen molar-refractivity contribution in [3.05, 3.63) is 61.3 Å². The van der Waals surface area contributed by atoms with Crippen molar-refractivity contribution < 1.29 is 65.1 Å². The van der Waals surface area contributed by atoms with Crippen LogP contribution in [0.3, 0.4) is 0 Å². The van der Waals surface area contributed by atoms with Gasteiger partial charge in [-0.2, -0.15) is 0 Å². The topological polar surface area (TPSA) is 265 Å². The molecule has 18 heteroatoms. The minimum atomic E-state index is -1.75. The van der Waals surface area contributed by atoms with E-state index in [0.717, 1.165) is 0 Å². The molecule has 0 saturated carbocycles. The second kappa shape index (κ2) is 29.5. The average molecular weight is 512 g/mol. The molecular weight excluding hydrogens is 512 g/mol. The minimum Gasteiger partial charge on any atom is -0.356 e. The van der Waals surface area contributed by atoms with Gasteiger partial charge in [-0.05, 0) is 0 Å². The Morgan fingerprint density at radius 1 is 0.444 bits per heavy atom. The normalized spacial score (nSPS) is 5.33. The van der Waals surface area contributed by atoms with Gasteiger partial charge in [-0.25, -0.2) is 0 Å². The molecule has 0 spiro atoms. The Labute approximate surface area is 126 Å². The molecule has 0 heterocycles. The third-order valence-electron chi connectivity index (χ3n) is 0. The molecule has 0 aromatic heterocycles. The van der Waals surface area contributed by atoms with Crippen molar-refractivity contribution in [2.45, 2.75) is 0 Å². The van der Waals surface area contributed by atoms with E-state index in [1.807, 2.05) is 0 Å². The van der Waals surface area contributed by atoms with Crippen LogP contribution in [0.2, 0.25) is 0 Å². The number of hydrogen-bond acceptors (Lipinski definition) is 12. The molecule has 0 amide bonds. The number of nitrogens with zero attached hydrogens (tertiary/aromatic N) is 4. The molecule has 1 radical (unpaired) electrons. The van der Waals surface area contributed by atoms with Gasteiger partial charge in [-0.15, -0.1) is 0 Å². The Kier molecular flexibility index (Phi) is 58.9. The van der Waals surface area contributed by atoms with Crippen LogP contribution in [-0.4, -0.2) is 20.3 Å². The maximum absolute atomic E-state index is 8.25. The summed E-state index contributed by atoms with van der Waals surface area (Å²) < 4.78 is 0. The third kappa shape index (κ3) is 822. The standard InChI is InChI=1S/Cu.Hg.4NO3/c;;4*2-1(3)4/q2*+2;4*-1. The van der Waals surface area contributed by atoms with Gasteiger partial charge in [0.25, 0.3) is 0 Å². The van der Waals surface area contributed by atoms with E-state index >= 15 is 0 Å². The molecular formula is CuHgN4O12. The van der Waals surface area contributed by atoms with E-state index in [2.05, 4.69) is 0 Å². The fourth-order valence-corrected chi connectivity index (χ4v) is 0. The maximum Gasteiger partial charge on any atom is 2.00 e. The second-order valence-electron chi connectivity index (χ2n) is 0.894. The number of hydrogen-bond donors (Lipinski definition) is 0. The zero-order valence-electron chi connectivity index (χ0n) is 7.70. The van der Waals surface area contributed by atoms with Crippen LogP contribution in [0.5, 0.6) is 0 Å². The molecule has 18 heavy (non-hydrogen) atoms. The van der Waals surface area contributed by atoms with Crippen LogP contribution in [0, 0.1) is 61.3 Å². The molecule has 0 bridgehead atoms. The van der Waals surface area contributed by atoms with E-state index in [1.54, 1.807) is 0 Å². The molecule has 0 N–H and O–H groups in total. The summed E-state index contributed by atoms with van der Waals surface area (Å²) >= 11 is 0. The van der Waals surface area contributed by atoms with Crippen LogP contribution >= 0.6 is 0 Å². The minimum absolute atomic E-state index is 0. The first-order chi connectivity index (χ1) is 6.93. The van der Waals surface area contributed by atoms with E-state index < -0.39 is 20.3 Å². The predicted octanol–water partition coefficient (Wildman–Crippen LogP) is -0.961. The van der Waals surface area contributed by atoms with Crippen molar-refractivity contribution in [1.82, 2.24) is 0 Å². The summed E-state index contributed by atoms with van der Waals surface area (Å²) in [5.74, 6) is 0. The van der Waals surface area contributed by atoms with Gasteiger partial charge < -0.3 is 61.3 Å². The molecule has 0 aromatic carbocycles. The van der Waals surface area contributed by atoms with Crippen molar-refractivity contribution in [2.24, 2.45) is 0 Å². The summed E-state index contributed by atoms with van der Waals surface area (Å²) in [5.41, 5.74) is 0. The van der Waals surface area contributed by atoms with Crippen molar-refractivity contribution in [3.8, 4) is 0 Å². The van der Waals surface area contributed by atoms with Crippen molar-refractivity contribution in [2.75, 3.05) is 0 Å². The summed E-state index contributed by atoms with van der Waals surface area (Å²) in [6, 6.07) is 0. The monoisotopic (exact) mass is 513 g/mol. The van der Waals surface area contributed by atoms with Gasteiger partial charge in [0.15, 0.2) is 0 Å². The summed E-state index contributed by atoms with van der Waals surface area (Å²) in [6.07, 6.45) is 0.